The summed E-state index contributed by atoms with van der Waals surface area (Å²) in [4.78, 5) is 12.6. The van der Waals surface area contributed by atoms with Crippen LogP contribution in [0, 0.1) is 17.2 Å². The fourth-order valence-corrected chi connectivity index (χ4v) is 5.36. The molecule has 1 fully saturated rings. The van der Waals surface area contributed by atoms with Gasteiger partial charge in [-0.1, -0.05) is 34.8 Å². The number of piperidine rings is 1. The van der Waals surface area contributed by atoms with Crippen LogP contribution in [0.2, 0.25) is 15.1 Å². The van der Waals surface area contributed by atoms with E-state index in [0.29, 0.717) is 23.4 Å². The number of benzene rings is 2. The minimum atomic E-state index is -3.70. The highest BCUT2D eigenvalue weighted by Gasteiger charge is 2.33. The molecule has 10 heteroatoms. The van der Waals surface area contributed by atoms with Gasteiger partial charge in [-0.05, 0) is 49.2 Å². The summed E-state index contributed by atoms with van der Waals surface area (Å²) in [6.45, 7) is 0.342. The lowest BCUT2D eigenvalue weighted by Crippen LogP contribution is -2.41. The number of nitrogens with zero attached hydrogens (tertiary/aromatic N) is 2. The first-order chi connectivity index (χ1) is 13.7. The van der Waals surface area contributed by atoms with Crippen molar-refractivity contribution in [1.82, 2.24) is 4.31 Å². The fourth-order valence-electron chi connectivity index (χ4n) is 2.99. The zero-order valence-electron chi connectivity index (χ0n) is 14.9. The van der Waals surface area contributed by atoms with E-state index in [1.165, 1.54) is 40.7 Å². The number of halogens is 3. The summed E-state index contributed by atoms with van der Waals surface area (Å²) in [6.07, 6.45) is 0.605. The summed E-state index contributed by atoms with van der Waals surface area (Å²) in [5, 5.41) is 9.40. The summed E-state index contributed by atoms with van der Waals surface area (Å²) in [7, 11) is -3.70. The molecule has 0 atom stereocenters. The van der Waals surface area contributed by atoms with Crippen molar-refractivity contribution in [1.29, 1.82) is 5.26 Å². The Morgan fingerprint density at radius 2 is 1.62 bits per heavy atom. The molecular weight excluding hydrogens is 459 g/mol. The molecule has 0 N–H and O–H groups in total. The SMILES string of the molecule is N#Cc1ccc(S(=O)(=O)N2CCC(C(=O)Oc3c(Cl)cc(Cl)cc3Cl)CC2)cc1. The van der Waals surface area contributed by atoms with Gasteiger partial charge in [0.2, 0.25) is 10.0 Å². The van der Waals surface area contributed by atoms with Crippen LogP contribution < -0.4 is 4.74 Å². The summed E-state index contributed by atoms with van der Waals surface area (Å²) in [6, 6.07) is 10.5. The lowest BCUT2D eigenvalue weighted by atomic mass is 9.98. The lowest BCUT2D eigenvalue weighted by molar-refractivity contribution is -0.140. The standard InChI is InChI=1S/C19H15Cl3N2O4S/c20-14-9-16(21)18(17(22)10-14)28-19(25)13-5-7-24(8-6-13)29(26,27)15-3-1-12(11-23)2-4-15/h1-4,9-10,13H,5-8H2. The Bertz CT molecular complexity index is 1050. The van der Waals surface area contributed by atoms with E-state index < -0.39 is 21.9 Å². The number of hydrogen-bond donors (Lipinski definition) is 0. The van der Waals surface area contributed by atoms with Crippen molar-refractivity contribution in [2.45, 2.75) is 17.7 Å². The molecule has 1 aliphatic heterocycles. The molecule has 0 unspecified atom stereocenters. The van der Waals surface area contributed by atoms with Gasteiger partial charge in [0.25, 0.3) is 0 Å². The Labute approximate surface area is 183 Å². The number of carbonyl (C=O) groups excluding carboxylic acids is 1. The van der Waals surface area contributed by atoms with Crippen LogP contribution in [-0.2, 0) is 14.8 Å². The molecular formula is C19H15Cl3N2O4S. The molecule has 0 aromatic heterocycles. The topological polar surface area (TPSA) is 87.5 Å². The van der Waals surface area contributed by atoms with Crippen molar-refractivity contribution in [2.24, 2.45) is 5.92 Å². The van der Waals surface area contributed by atoms with Crippen LogP contribution in [0.1, 0.15) is 18.4 Å². The van der Waals surface area contributed by atoms with Crippen LogP contribution >= 0.6 is 34.8 Å². The van der Waals surface area contributed by atoms with Crippen molar-refractivity contribution in [3.8, 4) is 11.8 Å². The Kier molecular flexibility index (Phi) is 6.72. The third kappa shape index (κ3) is 4.85. The quantitative estimate of drug-likeness (QED) is 0.481. The Morgan fingerprint density at radius 3 is 2.14 bits per heavy atom. The van der Waals surface area contributed by atoms with E-state index in [1.807, 2.05) is 6.07 Å². The monoisotopic (exact) mass is 472 g/mol. The van der Waals surface area contributed by atoms with Gasteiger partial charge in [-0.15, -0.1) is 0 Å². The fraction of sp³-hybridized carbons (Fsp3) is 0.263. The molecule has 1 saturated heterocycles. The Balaban J connectivity index is 1.65. The first kappa shape index (κ1) is 21.9. The van der Waals surface area contributed by atoms with Crippen LogP contribution in [0.25, 0.3) is 0 Å². The highest BCUT2D eigenvalue weighted by molar-refractivity contribution is 7.89. The van der Waals surface area contributed by atoms with E-state index in [0.717, 1.165) is 0 Å². The smallest absolute Gasteiger partial charge is 0.314 e. The summed E-state index contributed by atoms with van der Waals surface area (Å²) in [5.74, 6) is -0.966. The molecule has 0 saturated carbocycles. The number of rotatable bonds is 4. The highest BCUT2D eigenvalue weighted by Crippen LogP contribution is 2.37. The third-order valence-electron chi connectivity index (χ3n) is 4.57. The molecule has 1 heterocycles. The molecule has 2 aromatic carbocycles. The molecule has 0 spiro atoms. The minimum Gasteiger partial charge on any atom is -0.423 e. The summed E-state index contributed by atoms with van der Waals surface area (Å²) < 4.78 is 32.2. The maximum atomic E-state index is 12.8. The molecule has 1 aliphatic rings. The Morgan fingerprint density at radius 1 is 1.07 bits per heavy atom. The van der Waals surface area contributed by atoms with Gasteiger partial charge in [0.05, 0.1) is 32.5 Å². The molecule has 6 nitrogen and oxygen atoms in total. The van der Waals surface area contributed by atoms with Crippen molar-refractivity contribution < 1.29 is 17.9 Å². The van der Waals surface area contributed by atoms with Crippen LogP contribution in [-0.4, -0.2) is 31.8 Å². The van der Waals surface area contributed by atoms with Crippen LogP contribution in [0.4, 0.5) is 0 Å². The average molecular weight is 474 g/mol. The number of sulfonamides is 1. The molecule has 152 valence electrons. The first-order valence-electron chi connectivity index (χ1n) is 8.59. The average Bonchev–Trinajstić information content (AvgIpc) is 2.70. The van der Waals surface area contributed by atoms with Gasteiger partial charge < -0.3 is 4.74 Å². The second kappa shape index (κ2) is 8.90. The van der Waals surface area contributed by atoms with Crippen molar-refractivity contribution in [3.05, 3.63) is 57.0 Å². The summed E-state index contributed by atoms with van der Waals surface area (Å²) in [5.41, 5.74) is 0.380. The largest absolute Gasteiger partial charge is 0.423 e. The molecule has 29 heavy (non-hydrogen) atoms. The second-order valence-electron chi connectivity index (χ2n) is 6.43. The van der Waals surface area contributed by atoms with Crippen molar-refractivity contribution in [2.75, 3.05) is 13.1 Å². The zero-order valence-corrected chi connectivity index (χ0v) is 18.0. The van der Waals surface area contributed by atoms with Crippen LogP contribution in [0.3, 0.4) is 0 Å². The molecule has 3 rings (SSSR count). The number of carbonyl (C=O) groups is 1. The van der Waals surface area contributed by atoms with E-state index >= 15 is 0 Å². The van der Waals surface area contributed by atoms with Crippen LogP contribution in [0.15, 0.2) is 41.3 Å². The molecule has 0 bridgehead atoms. The molecule has 0 aliphatic carbocycles. The van der Waals surface area contributed by atoms with Gasteiger partial charge in [0, 0.05) is 18.1 Å². The van der Waals surface area contributed by atoms with Gasteiger partial charge in [-0.25, -0.2) is 8.42 Å². The number of ether oxygens (including phenoxy) is 1. The predicted molar refractivity (Wildman–Crippen MR) is 110 cm³/mol. The van der Waals surface area contributed by atoms with E-state index in [4.69, 9.17) is 44.8 Å². The van der Waals surface area contributed by atoms with Crippen LogP contribution in [0.5, 0.6) is 5.75 Å². The normalized spacial score (nSPS) is 15.7. The maximum Gasteiger partial charge on any atom is 0.314 e. The van der Waals surface area contributed by atoms with Gasteiger partial charge in [-0.2, -0.15) is 9.57 Å². The van der Waals surface area contributed by atoms with Gasteiger partial charge in [0.15, 0.2) is 5.75 Å². The van der Waals surface area contributed by atoms with E-state index in [2.05, 4.69) is 0 Å². The van der Waals surface area contributed by atoms with Crippen molar-refractivity contribution >= 4 is 50.8 Å². The van der Waals surface area contributed by atoms with E-state index in [9.17, 15) is 13.2 Å². The third-order valence-corrected chi connectivity index (χ3v) is 7.27. The van der Waals surface area contributed by atoms with Gasteiger partial charge in [-0.3, -0.25) is 4.79 Å². The number of esters is 1. The van der Waals surface area contributed by atoms with E-state index in [1.54, 1.807) is 0 Å². The Hall–Kier alpha value is -1.82. The second-order valence-corrected chi connectivity index (χ2v) is 9.62. The van der Waals surface area contributed by atoms with Crippen molar-refractivity contribution in [3.63, 3.8) is 0 Å². The number of nitriles is 1. The lowest BCUT2D eigenvalue weighted by Gasteiger charge is -2.30. The van der Waals surface area contributed by atoms with E-state index in [-0.39, 0.29) is 33.8 Å². The minimum absolute atomic E-state index is 0.0374. The molecule has 2 aromatic rings. The zero-order chi connectivity index (χ0) is 21.2. The number of hydrogen-bond acceptors (Lipinski definition) is 5. The maximum absolute atomic E-state index is 12.8. The molecule has 0 radical (unpaired) electrons. The predicted octanol–water partition coefficient (Wildman–Crippen LogP) is 4.52. The van der Waals surface area contributed by atoms with Gasteiger partial charge in [0.1, 0.15) is 0 Å². The highest BCUT2D eigenvalue weighted by atomic mass is 35.5. The first-order valence-corrected chi connectivity index (χ1v) is 11.2. The summed E-state index contributed by atoms with van der Waals surface area (Å²) >= 11 is 17.9. The molecule has 0 amide bonds. The van der Waals surface area contributed by atoms with Gasteiger partial charge >= 0.3 is 5.97 Å².